The van der Waals surface area contributed by atoms with Crippen LogP contribution in [0.2, 0.25) is 0 Å². The van der Waals surface area contributed by atoms with Gasteiger partial charge in [0.25, 0.3) is 17.4 Å². The van der Waals surface area contributed by atoms with Gasteiger partial charge < -0.3 is 9.30 Å². The molecule has 0 bridgehead atoms. The molecule has 0 aliphatic carbocycles. The number of aromatic nitrogens is 1. The minimum atomic E-state index is -0.323. The minimum Gasteiger partial charge on any atom is -0.491 e. The summed E-state index contributed by atoms with van der Waals surface area (Å²) in [6.07, 6.45) is 1.60. The van der Waals surface area contributed by atoms with Crippen LogP contribution in [0.5, 0.6) is 5.75 Å². The maximum Gasteiger partial charge on any atom is 0.292 e. The number of hydrogen-bond donors (Lipinski definition) is 0. The van der Waals surface area contributed by atoms with E-state index in [1.165, 1.54) is 11.7 Å². The number of fused-ring (bicyclic) bond motifs is 1. The van der Waals surface area contributed by atoms with Crippen molar-refractivity contribution < 1.29 is 14.3 Å². The average Bonchev–Trinajstić information content (AvgIpc) is 2.79. The average molecular weight is 298 g/mol. The summed E-state index contributed by atoms with van der Waals surface area (Å²) in [6, 6.07) is 9.96. The highest BCUT2D eigenvalue weighted by Gasteiger charge is 2.34. The third kappa shape index (κ3) is 2.18. The molecule has 2 amide bonds. The SMILES string of the molecule is COc1cccn(CCN2C(=O)c3ccccc3C2=O)c1=O. The van der Waals surface area contributed by atoms with E-state index in [-0.39, 0.29) is 36.2 Å². The van der Waals surface area contributed by atoms with Gasteiger partial charge in [-0.25, -0.2) is 0 Å². The van der Waals surface area contributed by atoms with Crippen LogP contribution in [0.1, 0.15) is 20.7 Å². The zero-order valence-electron chi connectivity index (χ0n) is 12.0. The monoisotopic (exact) mass is 298 g/mol. The van der Waals surface area contributed by atoms with Gasteiger partial charge in [-0.05, 0) is 24.3 Å². The lowest BCUT2D eigenvalue weighted by Crippen LogP contribution is -2.35. The van der Waals surface area contributed by atoms with Crippen LogP contribution in [0.3, 0.4) is 0 Å². The molecule has 112 valence electrons. The molecule has 1 aliphatic rings. The van der Waals surface area contributed by atoms with Gasteiger partial charge in [0.1, 0.15) is 0 Å². The van der Waals surface area contributed by atoms with Crippen LogP contribution in [-0.2, 0) is 6.54 Å². The van der Waals surface area contributed by atoms with Crippen LogP contribution in [0.4, 0.5) is 0 Å². The van der Waals surface area contributed by atoms with E-state index in [0.29, 0.717) is 11.1 Å². The fourth-order valence-electron chi connectivity index (χ4n) is 2.50. The standard InChI is InChI=1S/C16H14N2O4/c1-22-13-7-4-8-17(16(13)21)9-10-18-14(19)11-5-2-3-6-12(11)15(18)20/h2-8H,9-10H2,1H3. The summed E-state index contributed by atoms with van der Waals surface area (Å²) in [5.74, 6) is -0.419. The topological polar surface area (TPSA) is 68.6 Å². The minimum absolute atomic E-state index is 0.138. The first-order chi connectivity index (χ1) is 10.6. The zero-order valence-corrected chi connectivity index (χ0v) is 12.0. The molecule has 0 spiro atoms. The van der Waals surface area contributed by atoms with Crippen molar-refractivity contribution in [1.82, 2.24) is 9.47 Å². The maximum absolute atomic E-state index is 12.2. The Morgan fingerprint density at radius 3 is 2.14 bits per heavy atom. The first kappa shape index (κ1) is 14.1. The Labute approximate surface area is 126 Å². The van der Waals surface area contributed by atoms with Gasteiger partial charge in [-0.3, -0.25) is 19.3 Å². The molecule has 6 heteroatoms. The summed E-state index contributed by atoms with van der Waals surface area (Å²) in [4.78, 5) is 37.7. The lowest BCUT2D eigenvalue weighted by molar-refractivity contribution is 0.0648. The number of amides is 2. The van der Waals surface area contributed by atoms with Crippen molar-refractivity contribution in [2.24, 2.45) is 0 Å². The first-order valence-electron chi connectivity index (χ1n) is 6.82. The molecule has 0 radical (unpaired) electrons. The summed E-state index contributed by atoms with van der Waals surface area (Å²) in [7, 11) is 1.42. The summed E-state index contributed by atoms with van der Waals surface area (Å²) in [5, 5.41) is 0. The predicted octanol–water partition coefficient (Wildman–Crippen LogP) is 1.15. The third-order valence-corrected chi connectivity index (χ3v) is 3.65. The number of benzene rings is 1. The highest BCUT2D eigenvalue weighted by Crippen LogP contribution is 2.22. The Balaban J connectivity index is 1.80. The van der Waals surface area contributed by atoms with Crippen LogP contribution in [0.25, 0.3) is 0 Å². The number of ether oxygens (including phenoxy) is 1. The van der Waals surface area contributed by atoms with E-state index in [1.54, 1.807) is 42.6 Å². The fourth-order valence-corrected chi connectivity index (χ4v) is 2.50. The number of hydrogen-bond acceptors (Lipinski definition) is 4. The zero-order chi connectivity index (χ0) is 15.7. The molecule has 2 heterocycles. The maximum atomic E-state index is 12.2. The lowest BCUT2D eigenvalue weighted by Gasteiger charge is -2.15. The van der Waals surface area contributed by atoms with Crippen molar-refractivity contribution in [2.75, 3.05) is 13.7 Å². The Hall–Kier alpha value is -2.89. The molecular formula is C16H14N2O4. The number of methoxy groups -OCH3 is 1. The van der Waals surface area contributed by atoms with Gasteiger partial charge in [0.2, 0.25) is 0 Å². The molecule has 1 aromatic heterocycles. The number of imide groups is 1. The number of rotatable bonds is 4. The quantitative estimate of drug-likeness (QED) is 0.794. The van der Waals surface area contributed by atoms with Crippen LogP contribution in [0.15, 0.2) is 47.4 Å². The number of carbonyl (C=O) groups excluding carboxylic acids is 2. The molecule has 22 heavy (non-hydrogen) atoms. The van der Waals surface area contributed by atoms with Crippen LogP contribution < -0.4 is 10.3 Å². The van der Waals surface area contributed by atoms with E-state index in [2.05, 4.69) is 0 Å². The smallest absolute Gasteiger partial charge is 0.292 e. The van der Waals surface area contributed by atoms with E-state index >= 15 is 0 Å². The van der Waals surface area contributed by atoms with Crippen molar-refractivity contribution in [1.29, 1.82) is 0 Å². The highest BCUT2D eigenvalue weighted by molar-refractivity contribution is 6.21. The number of nitrogens with zero attached hydrogens (tertiary/aromatic N) is 2. The van der Waals surface area contributed by atoms with Gasteiger partial charge >= 0.3 is 0 Å². The molecule has 0 fully saturated rings. The molecule has 0 N–H and O–H groups in total. The van der Waals surface area contributed by atoms with E-state index in [0.717, 1.165) is 4.90 Å². The van der Waals surface area contributed by atoms with Crippen LogP contribution in [0, 0.1) is 0 Å². The second kappa shape index (κ2) is 5.48. The summed E-state index contributed by atoms with van der Waals surface area (Å²) in [6.45, 7) is 0.362. The number of carbonyl (C=O) groups is 2. The summed E-state index contributed by atoms with van der Waals surface area (Å²) < 4.78 is 6.39. The van der Waals surface area contributed by atoms with Gasteiger partial charge in [-0.15, -0.1) is 0 Å². The Kier molecular flexibility index (Phi) is 3.50. The normalized spacial score (nSPS) is 13.4. The Bertz CT molecular complexity index is 775. The number of pyridine rings is 1. The molecule has 0 saturated heterocycles. The Morgan fingerprint density at radius 2 is 1.55 bits per heavy atom. The molecular weight excluding hydrogens is 284 g/mol. The molecule has 6 nitrogen and oxygen atoms in total. The van der Waals surface area contributed by atoms with Crippen molar-refractivity contribution in [3.63, 3.8) is 0 Å². The van der Waals surface area contributed by atoms with E-state index in [9.17, 15) is 14.4 Å². The summed E-state index contributed by atoms with van der Waals surface area (Å²) in [5.41, 5.74) is 0.526. The first-order valence-corrected chi connectivity index (χ1v) is 6.82. The molecule has 2 aromatic rings. The largest absolute Gasteiger partial charge is 0.491 e. The molecule has 1 aromatic carbocycles. The van der Waals surface area contributed by atoms with E-state index in [4.69, 9.17) is 4.74 Å². The molecule has 0 atom stereocenters. The fraction of sp³-hybridized carbons (Fsp3) is 0.188. The predicted molar refractivity (Wildman–Crippen MR) is 79.1 cm³/mol. The molecule has 3 rings (SSSR count). The van der Waals surface area contributed by atoms with Crippen molar-refractivity contribution >= 4 is 11.8 Å². The van der Waals surface area contributed by atoms with Crippen molar-refractivity contribution in [3.8, 4) is 5.75 Å². The van der Waals surface area contributed by atoms with Gasteiger partial charge in [-0.1, -0.05) is 12.1 Å². The second-order valence-electron chi connectivity index (χ2n) is 4.88. The van der Waals surface area contributed by atoms with Gasteiger partial charge in [-0.2, -0.15) is 0 Å². The van der Waals surface area contributed by atoms with Crippen molar-refractivity contribution in [2.45, 2.75) is 6.54 Å². The highest BCUT2D eigenvalue weighted by atomic mass is 16.5. The molecule has 1 aliphatic heterocycles. The second-order valence-corrected chi connectivity index (χ2v) is 4.88. The van der Waals surface area contributed by atoms with Crippen molar-refractivity contribution in [3.05, 3.63) is 64.1 Å². The van der Waals surface area contributed by atoms with E-state index in [1.807, 2.05) is 0 Å². The van der Waals surface area contributed by atoms with Crippen LogP contribution in [-0.4, -0.2) is 34.9 Å². The molecule has 0 saturated carbocycles. The Morgan fingerprint density at radius 1 is 0.909 bits per heavy atom. The third-order valence-electron chi connectivity index (χ3n) is 3.65. The van der Waals surface area contributed by atoms with Gasteiger partial charge in [0.15, 0.2) is 5.75 Å². The summed E-state index contributed by atoms with van der Waals surface area (Å²) >= 11 is 0. The lowest BCUT2D eigenvalue weighted by atomic mass is 10.1. The van der Waals surface area contributed by atoms with Crippen LogP contribution >= 0.6 is 0 Å². The molecule has 0 unspecified atom stereocenters. The van der Waals surface area contributed by atoms with E-state index < -0.39 is 0 Å². The van der Waals surface area contributed by atoms with Gasteiger partial charge in [0.05, 0.1) is 18.2 Å². The van der Waals surface area contributed by atoms with Gasteiger partial charge in [0, 0.05) is 19.3 Å².